The molecule has 0 aromatic carbocycles. The summed E-state index contributed by atoms with van der Waals surface area (Å²) in [5.74, 6) is -0.646. The number of ether oxygens (including phenoxy) is 2. The van der Waals surface area contributed by atoms with Crippen LogP contribution < -0.4 is 0 Å². The number of cyclic esters (lactones) is 1. The van der Waals surface area contributed by atoms with Gasteiger partial charge in [0.05, 0.1) is 6.42 Å². The summed E-state index contributed by atoms with van der Waals surface area (Å²) in [5.41, 5.74) is -0.392. The molecule has 1 atom stereocenters. The molecule has 2 fully saturated rings. The monoisotopic (exact) mass is 268 g/mol. The van der Waals surface area contributed by atoms with E-state index in [2.05, 4.69) is 0 Å². The number of esters is 1. The molecule has 0 radical (unpaired) electrons. The van der Waals surface area contributed by atoms with E-state index < -0.39 is 20.6 Å². The zero-order valence-electron chi connectivity index (χ0n) is 8.65. The van der Waals surface area contributed by atoms with Crippen LogP contribution in [0.4, 0.5) is 0 Å². The zero-order chi connectivity index (χ0) is 11.8. The molecule has 0 bridgehead atoms. The van der Waals surface area contributed by atoms with E-state index in [9.17, 15) is 13.2 Å². The van der Waals surface area contributed by atoms with Crippen molar-refractivity contribution in [1.82, 2.24) is 0 Å². The summed E-state index contributed by atoms with van der Waals surface area (Å²) in [5, 5.41) is 0. The zero-order valence-corrected chi connectivity index (χ0v) is 10.2. The van der Waals surface area contributed by atoms with E-state index >= 15 is 0 Å². The summed E-state index contributed by atoms with van der Waals surface area (Å²) in [6.45, 7) is 1.07. The van der Waals surface area contributed by atoms with E-state index in [1.165, 1.54) is 0 Å². The second-order valence-electron chi connectivity index (χ2n) is 4.34. The van der Waals surface area contributed by atoms with Gasteiger partial charge in [0.25, 0.3) is 0 Å². The first kappa shape index (κ1) is 12.1. The van der Waals surface area contributed by atoms with Crippen molar-refractivity contribution in [2.24, 2.45) is 5.41 Å². The van der Waals surface area contributed by atoms with Crippen LogP contribution in [0.1, 0.15) is 19.3 Å². The van der Waals surface area contributed by atoms with Gasteiger partial charge in [0.1, 0.15) is 11.9 Å². The van der Waals surface area contributed by atoms with Crippen LogP contribution in [0.25, 0.3) is 0 Å². The Hall–Kier alpha value is -0.330. The van der Waals surface area contributed by atoms with Crippen LogP contribution in [0.5, 0.6) is 0 Å². The van der Waals surface area contributed by atoms with Crippen LogP contribution in [0.15, 0.2) is 0 Å². The largest absolute Gasteiger partial charge is 0.461 e. The molecule has 16 heavy (non-hydrogen) atoms. The van der Waals surface area contributed by atoms with Crippen molar-refractivity contribution in [1.29, 1.82) is 0 Å². The first-order chi connectivity index (χ1) is 7.41. The maximum atomic E-state index is 11.3. The maximum Gasteiger partial charge on any atom is 0.306 e. The van der Waals surface area contributed by atoms with Gasteiger partial charge < -0.3 is 9.47 Å². The minimum absolute atomic E-state index is 0.271. The van der Waals surface area contributed by atoms with Crippen LogP contribution in [0.2, 0.25) is 0 Å². The molecule has 0 N–H and O–H groups in total. The molecule has 2 aliphatic rings. The second-order valence-corrected chi connectivity index (χ2v) is 7.16. The van der Waals surface area contributed by atoms with Crippen molar-refractivity contribution < 1.29 is 22.7 Å². The Morgan fingerprint density at radius 3 is 2.56 bits per heavy atom. The van der Waals surface area contributed by atoms with Crippen molar-refractivity contribution in [3.05, 3.63) is 0 Å². The molecule has 2 heterocycles. The van der Waals surface area contributed by atoms with Gasteiger partial charge in [-0.2, -0.15) is 0 Å². The van der Waals surface area contributed by atoms with Gasteiger partial charge in [0, 0.05) is 29.3 Å². The molecule has 1 unspecified atom stereocenters. The van der Waals surface area contributed by atoms with Gasteiger partial charge in [-0.25, -0.2) is 8.42 Å². The highest BCUT2D eigenvalue weighted by Gasteiger charge is 2.50. The fraction of sp³-hybridized carbons (Fsp3) is 0.889. The third-order valence-corrected chi connectivity index (χ3v) is 4.37. The molecule has 0 aromatic rings. The number of hydrogen-bond acceptors (Lipinski definition) is 5. The van der Waals surface area contributed by atoms with E-state index in [1.54, 1.807) is 0 Å². The average molecular weight is 269 g/mol. The molecule has 0 aromatic heterocycles. The first-order valence-corrected chi connectivity index (χ1v) is 7.59. The van der Waals surface area contributed by atoms with E-state index in [4.69, 9.17) is 20.2 Å². The van der Waals surface area contributed by atoms with Crippen LogP contribution >= 0.6 is 10.7 Å². The summed E-state index contributed by atoms with van der Waals surface area (Å²) in [7, 11) is 1.56. The normalized spacial score (nSPS) is 29.3. The minimum atomic E-state index is -3.65. The number of carbonyl (C=O) groups is 1. The quantitative estimate of drug-likeness (QED) is 0.544. The van der Waals surface area contributed by atoms with Gasteiger partial charge >= 0.3 is 5.97 Å². The Morgan fingerprint density at radius 1 is 1.38 bits per heavy atom. The van der Waals surface area contributed by atoms with Gasteiger partial charge in [-0.3, -0.25) is 4.79 Å². The van der Waals surface area contributed by atoms with Crippen LogP contribution in [-0.4, -0.2) is 39.5 Å². The predicted octanol–water partition coefficient (Wildman–Crippen LogP) is 0.667. The molecule has 2 aliphatic heterocycles. The maximum absolute atomic E-state index is 11.3. The molecule has 0 aliphatic carbocycles. The van der Waals surface area contributed by atoms with E-state index in [1.807, 2.05) is 0 Å². The third kappa shape index (κ3) is 2.49. The molecule has 2 rings (SSSR count). The highest BCUT2D eigenvalue weighted by Crippen LogP contribution is 2.44. The van der Waals surface area contributed by atoms with Gasteiger partial charge in [-0.05, 0) is 12.8 Å². The summed E-state index contributed by atoms with van der Waals surface area (Å²) in [6.07, 6.45) is 0.949. The standard InChI is InChI=1S/C9H13ClO5S/c10-16(12,13)6-7-9(5-8(11)15-7)1-3-14-4-2-9/h7H,1-6H2. The molecule has 0 amide bonds. The Kier molecular flexibility index (Phi) is 3.16. The smallest absolute Gasteiger partial charge is 0.306 e. The summed E-state index contributed by atoms with van der Waals surface area (Å²) in [4.78, 5) is 11.3. The highest BCUT2D eigenvalue weighted by molar-refractivity contribution is 8.13. The van der Waals surface area contributed by atoms with Crippen LogP contribution in [-0.2, 0) is 23.3 Å². The lowest BCUT2D eigenvalue weighted by molar-refractivity contribution is -0.141. The topological polar surface area (TPSA) is 69.7 Å². The van der Waals surface area contributed by atoms with Gasteiger partial charge in [-0.15, -0.1) is 0 Å². The number of carbonyl (C=O) groups excluding carboxylic acids is 1. The first-order valence-electron chi connectivity index (χ1n) is 5.11. The molecule has 92 valence electrons. The molecular weight excluding hydrogens is 256 g/mol. The number of hydrogen-bond donors (Lipinski definition) is 0. The predicted molar refractivity (Wildman–Crippen MR) is 56.6 cm³/mol. The lowest BCUT2D eigenvalue weighted by Gasteiger charge is -2.35. The fourth-order valence-corrected chi connectivity index (χ4v) is 3.52. The number of rotatable bonds is 2. The molecule has 2 saturated heterocycles. The third-order valence-electron chi connectivity index (χ3n) is 3.29. The molecule has 7 heteroatoms. The SMILES string of the molecule is O=C1CC2(CCOCC2)C(CS(=O)(=O)Cl)O1. The summed E-state index contributed by atoms with van der Waals surface area (Å²) in [6, 6.07) is 0. The average Bonchev–Trinajstić information content (AvgIpc) is 2.41. The highest BCUT2D eigenvalue weighted by atomic mass is 35.7. The second kappa shape index (κ2) is 4.16. The van der Waals surface area contributed by atoms with Crippen molar-refractivity contribution in [2.45, 2.75) is 25.4 Å². The minimum Gasteiger partial charge on any atom is -0.461 e. The number of halogens is 1. The fourth-order valence-electron chi connectivity index (χ4n) is 2.39. The molecule has 0 saturated carbocycles. The molecular formula is C9H13ClO5S. The van der Waals surface area contributed by atoms with E-state index in [-0.39, 0.29) is 18.1 Å². The summed E-state index contributed by atoms with van der Waals surface area (Å²) < 4.78 is 32.4. The molecule has 1 spiro atoms. The Balaban J connectivity index is 2.18. The Bertz CT molecular complexity index is 385. The lowest BCUT2D eigenvalue weighted by Crippen LogP contribution is -2.40. The van der Waals surface area contributed by atoms with Gasteiger partial charge in [0.2, 0.25) is 9.05 Å². The van der Waals surface area contributed by atoms with Crippen molar-refractivity contribution in [2.75, 3.05) is 19.0 Å². The van der Waals surface area contributed by atoms with Crippen molar-refractivity contribution >= 4 is 25.7 Å². The van der Waals surface area contributed by atoms with Gasteiger partial charge in [0.15, 0.2) is 0 Å². The van der Waals surface area contributed by atoms with Crippen molar-refractivity contribution in [3.63, 3.8) is 0 Å². The van der Waals surface area contributed by atoms with Crippen LogP contribution in [0, 0.1) is 5.41 Å². The Labute approximate surface area is 98.5 Å². The lowest BCUT2D eigenvalue weighted by atomic mass is 9.75. The van der Waals surface area contributed by atoms with E-state index in [0.717, 1.165) is 0 Å². The molecule has 5 nitrogen and oxygen atoms in total. The summed E-state index contributed by atoms with van der Waals surface area (Å²) >= 11 is 0. The Morgan fingerprint density at radius 2 is 2.00 bits per heavy atom. The van der Waals surface area contributed by atoms with Crippen LogP contribution in [0.3, 0.4) is 0 Å². The van der Waals surface area contributed by atoms with E-state index in [0.29, 0.717) is 26.1 Å². The van der Waals surface area contributed by atoms with Crippen molar-refractivity contribution in [3.8, 4) is 0 Å². The van der Waals surface area contributed by atoms with Gasteiger partial charge in [-0.1, -0.05) is 0 Å².